The Kier molecular flexibility index (Phi) is 7.98. The van der Waals surface area contributed by atoms with Crippen LogP contribution in [0.3, 0.4) is 0 Å². The zero-order valence-electron chi connectivity index (χ0n) is 21.3. The summed E-state index contributed by atoms with van der Waals surface area (Å²) in [5.74, 6) is -1.86. The molecule has 0 amide bonds. The number of rotatable bonds is 8. The molecular weight excluding hydrogens is 565 g/mol. The van der Waals surface area contributed by atoms with Crippen LogP contribution in [0.1, 0.15) is 30.9 Å². The van der Waals surface area contributed by atoms with Crippen LogP contribution in [0.5, 0.6) is 0 Å². The van der Waals surface area contributed by atoms with Crippen molar-refractivity contribution in [2.24, 2.45) is 0 Å². The number of aromatic amines is 1. The zero-order valence-corrected chi connectivity index (χ0v) is 21.3. The summed E-state index contributed by atoms with van der Waals surface area (Å²) in [6.07, 6.45) is -6.48. The van der Waals surface area contributed by atoms with Crippen molar-refractivity contribution in [2.45, 2.75) is 44.7 Å². The molecule has 1 atom stereocenters. The number of fused-ring (bicyclic) bond motifs is 1. The average molecular weight is 586 g/mol. The number of anilines is 2. The summed E-state index contributed by atoms with van der Waals surface area (Å²) in [4.78, 5) is 36.1. The number of alkyl halides is 6. The molecule has 1 aromatic carbocycles. The summed E-state index contributed by atoms with van der Waals surface area (Å²) < 4.78 is 95.3. The smallest absolute Gasteiger partial charge is 0.381 e. The molecule has 0 aliphatic rings. The molecule has 0 saturated carbocycles. The van der Waals surface area contributed by atoms with E-state index in [1.165, 1.54) is 17.9 Å². The predicted molar refractivity (Wildman–Crippen MR) is 134 cm³/mol. The summed E-state index contributed by atoms with van der Waals surface area (Å²) in [7, 11) is 1.22. The van der Waals surface area contributed by atoms with Crippen molar-refractivity contribution in [1.82, 2.24) is 29.7 Å². The normalized spacial score (nSPS) is 12.9. The van der Waals surface area contributed by atoms with Crippen molar-refractivity contribution in [3.63, 3.8) is 0 Å². The Morgan fingerprint density at radius 1 is 1.05 bits per heavy atom. The molecule has 0 fully saturated rings. The van der Waals surface area contributed by atoms with E-state index >= 15 is 0 Å². The number of hydrogen-bond donors (Lipinski definition) is 3. The highest BCUT2D eigenvalue weighted by atomic mass is 19.4. The highest BCUT2D eigenvalue weighted by Crippen LogP contribution is 2.35. The fourth-order valence-electron chi connectivity index (χ4n) is 4.11. The Balaban J connectivity index is 1.51. The van der Waals surface area contributed by atoms with Crippen LogP contribution in [-0.2, 0) is 18.9 Å². The number of nitrogens with one attached hydrogen (secondary N) is 3. The van der Waals surface area contributed by atoms with Crippen molar-refractivity contribution in [2.75, 3.05) is 17.7 Å². The lowest BCUT2D eigenvalue weighted by atomic mass is 10.1. The van der Waals surface area contributed by atoms with Gasteiger partial charge in [0.2, 0.25) is 0 Å². The first-order chi connectivity index (χ1) is 19.2. The van der Waals surface area contributed by atoms with Gasteiger partial charge in [-0.15, -0.1) is 0 Å². The maximum atomic E-state index is 15.0. The minimum atomic E-state index is -4.90. The van der Waals surface area contributed by atoms with Crippen molar-refractivity contribution < 1.29 is 30.7 Å². The van der Waals surface area contributed by atoms with Crippen molar-refractivity contribution in [3.05, 3.63) is 68.5 Å². The Hall–Kier alpha value is -4.57. The molecule has 41 heavy (non-hydrogen) atoms. The second-order valence-corrected chi connectivity index (χ2v) is 8.97. The van der Waals surface area contributed by atoms with E-state index in [1.54, 1.807) is 12.0 Å². The van der Waals surface area contributed by atoms with Gasteiger partial charge in [-0.05, 0) is 31.9 Å². The van der Waals surface area contributed by atoms with Crippen LogP contribution in [0.15, 0.2) is 40.4 Å². The SMILES string of the molecule is CNc1nc(-c2cc3ncn(CCCC(C)Nc4cn[nH]c(=O)c4C(F)(F)F)c(=O)c3cc2F)ncc1C(F)(F)F. The maximum absolute atomic E-state index is 15.0. The van der Waals surface area contributed by atoms with E-state index in [1.807, 2.05) is 0 Å². The first-order valence-electron chi connectivity index (χ1n) is 11.9. The van der Waals surface area contributed by atoms with E-state index in [2.05, 4.69) is 30.7 Å². The standard InChI is InChI=1S/C24H21F7N8O2/c1-11(36-17-9-35-38-21(40)18(17)24(29,30)31)4-3-5-39-10-34-16-7-12(15(25)6-13(16)22(39)41)19-33-8-14(23(26,27)28)20(32-2)37-19/h6-11H,3-5H2,1-2H3,(H,32,33,37)(H2,36,38,40). The number of benzene rings is 1. The monoisotopic (exact) mass is 586 g/mol. The van der Waals surface area contributed by atoms with Crippen LogP contribution < -0.4 is 21.8 Å². The van der Waals surface area contributed by atoms with Gasteiger partial charge in [0.05, 0.1) is 34.7 Å². The van der Waals surface area contributed by atoms with Gasteiger partial charge in [-0.2, -0.15) is 31.4 Å². The summed E-state index contributed by atoms with van der Waals surface area (Å²) in [5.41, 5.74) is -5.23. The molecule has 3 heterocycles. The molecule has 10 nitrogen and oxygen atoms in total. The molecule has 0 aliphatic carbocycles. The highest BCUT2D eigenvalue weighted by molar-refractivity contribution is 5.82. The van der Waals surface area contributed by atoms with E-state index in [0.29, 0.717) is 12.6 Å². The Morgan fingerprint density at radius 2 is 1.78 bits per heavy atom. The van der Waals surface area contributed by atoms with Gasteiger partial charge in [0, 0.05) is 25.8 Å². The van der Waals surface area contributed by atoms with Gasteiger partial charge in [-0.1, -0.05) is 0 Å². The summed E-state index contributed by atoms with van der Waals surface area (Å²) >= 11 is 0. The Bertz CT molecular complexity index is 1700. The molecule has 0 aliphatic heterocycles. The van der Waals surface area contributed by atoms with Crippen LogP contribution >= 0.6 is 0 Å². The Morgan fingerprint density at radius 3 is 2.44 bits per heavy atom. The minimum Gasteiger partial charge on any atom is -0.381 e. The first kappa shape index (κ1) is 29.4. The number of aromatic nitrogens is 6. The number of hydrogen-bond acceptors (Lipinski definition) is 8. The third-order valence-electron chi connectivity index (χ3n) is 6.06. The average Bonchev–Trinajstić information content (AvgIpc) is 2.88. The summed E-state index contributed by atoms with van der Waals surface area (Å²) in [6, 6.07) is 1.49. The Labute approximate surface area is 225 Å². The molecule has 3 N–H and O–H groups in total. The quantitative estimate of drug-likeness (QED) is 0.259. The van der Waals surface area contributed by atoms with Crippen LogP contribution in [0, 0.1) is 5.82 Å². The fourth-order valence-corrected chi connectivity index (χ4v) is 4.11. The number of nitrogens with zero attached hydrogens (tertiary/aromatic N) is 5. The summed E-state index contributed by atoms with van der Waals surface area (Å²) in [6.45, 7) is 1.67. The van der Waals surface area contributed by atoms with E-state index in [0.717, 1.165) is 18.3 Å². The van der Waals surface area contributed by atoms with Crippen LogP contribution in [0.25, 0.3) is 22.3 Å². The van der Waals surface area contributed by atoms with Gasteiger partial charge in [-0.25, -0.2) is 24.4 Å². The first-order valence-corrected chi connectivity index (χ1v) is 11.9. The maximum Gasteiger partial charge on any atom is 0.423 e. The molecule has 0 spiro atoms. The van der Waals surface area contributed by atoms with Gasteiger partial charge in [0.15, 0.2) is 5.82 Å². The molecule has 4 aromatic rings. The van der Waals surface area contributed by atoms with Crippen LogP contribution in [0.2, 0.25) is 0 Å². The van der Waals surface area contributed by atoms with E-state index < -0.39 is 58.0 Å². The van der Waals surface area contributed by atoms with Gasteiger partial charge in [0.1, 0.15) is 22.8 Å². The topological polar surface area (TPSA) is 130 Å². The van der Waals surface area contributed by atoms with Crippen molar-refractivity contribution in [1.29, 1.82) is 0 Å². The van der Waals surface area contributed by atoms with Gasteiger partial charge < -0.3 is 10.6 Å². The van der Waals surface area contributed by atoms with E-state index in [9.17, 15) is 40.3 Å². The van der Waals surface area contributed by atoms with E-state index in [-0.39, 0.29) is 35.3 Å². The molecule has 1 unspecified atom stereocenters. The van der Waals surface area contributed by atoms with Crippen LogP contribution in [-0.4, -0.2) is 42.8 Å². The molecule has 218 valence electrons. The second kappa shape index (κ2) is 11.1. The molecule has 0 radical (unpaired) electrons. The lowest BCUT2D eigenvalue weighted by molar-refractivity contribution is -0.138. The summed E-state index contributed by atoms with van der Waals surface area (Å²) in [5, 5.41) is 9.94. The van der Waals surface area contributed by atoms with Crippen molar-refractivity contribution >= 4 is 22.4 Å². The molecule has 0 bridgehead atoms. The van der Waals surface area contributed by atoms with Crippen LogP contribution in [0.4, 0.5) is 42.2 Å². The fraction of sp³-hybridized carbons (Fsp3) is 0.333. The van der Waals surface area contributed by atoms with Crippen molar-refractivity contribution in [3.8, 4) is 11.4 Å². The lowest BCUT2D eigenvalue weighted by Gasteiger charge is -2.18. The van der Waals surface area contributed by atoms with Gasteiger partial charge in [-0.3, -0.25) is 14.2 Å². The second-order valence-electron chi connectivity index (χ2n) is 8.97. The van der Waals surface area contributed by atoms with Gasteiger partial charge >= 0.3 is 12.4 Å². The predicted octanol–water partition coefficient (Wildman–Crippen LogP) is 4.44. The molecule has 17 heteroatoms. The number of aryl methyl sites for hydroxylation is 1. The molecular formula is C24H21F7N8O2. The molecule has 3 aromatic heterocycles. The third kappa shape index (κ3) is 6.28. The minimum absolute atomic E-state index is 0.0497. The number of halogens is 7. The van der Waals surface area contributed by atoms with E-state index in [4.69, 9.17) is 0 Å². The highest BCUT2D eigenvalue weighted by Gasteiger charge is 2.37. The zero-order chi connectivity index (χ0) is 30.1. The molecule has 4 rings (SSSR count). The largest absolute Gasteiger partial charge is 0.423 e. The van der Waals surface area contributed by atoms with Gasteiger partial charge in [0.25, 0.3) is 11.1 Å². The number of H-pyrrole nitrogens is 1. The third-order valence-corrected chi connectivity index (χ3v) is 6.06. The molecule has 0 saturated heterocycles. The lowest BCUT2D eigenvalue weighted by Crippen LogP contribution is -2.27.